The molecule has 1 unspecified atom stereocenters. The summed E-state index contributed by atoms with van der Waals surface area (Å²) in [5.41, 5.74) is 1.75. The van der Waals surface area contributed by atoms with E-state index >= 15 is 0 Å². The molecule has 0 spiro atoms. The topological polar surface area (TPSA) is 58.6 Å². The number of rotatable bonds is 5. The van der Waals surface area contributed by atoms with Gasteiger partial charge in [-0.2, -0.15) is 0 Å². The lowest BCUT2D eigenvalue weighted by molar-refractivity contribution is -0.127. The number of benzene rings is 1. The Hall–Kier alpha value is -1.55. The molecular weight excluding hydrogens is 230 g/mol. The quantitative estimate of drug-likeness (QED) is 0.841. The van der Waals surface area contributed by atoms with Gasteiger partial charge in [0.05, 0.1) is 6.10 Å². The molecule has 0 aliphatic carbocycles. The maximum Gasteiger partial charge on any atom is 0.260 e. The van der Waals surface area contributed by atoms with E-state index in [1.165, 1.54) is 0 Å². The van der Waals surface area contributed by atoms with Crippen LogP contribution in [0.2, 0.25) is 0 Å². The Balaban J connectivity index is 2.87. The predicted molar refractivity (Wildman–Crippen MR) is 70.6 cm³/mol. The molecule has 100 valence electrons. The molecule has 4 nitrogen and oxygen atoms in total. The van der Waals surface area contributed by atoms with Crippen LogP contribution >= 0.6 is 0 Å². The average Bonchev–Trinajstić information content (AvgIpc) is 2.31. The number of ether oxygens (including phenoxy) is 1. The van der Waals surface area contributed by atoms with Crippen LogP contribution in [0.15, 0.2) is 18.2 Å². The number of nitrogens with one attached hydrogen (secondary N) is 1. The Morgan fingerprint density at radius 3 is 2.67 bits per heavy atom. The summed E-state index contributed by atoms with van der Waals surface area (Å²) in [5, 5.41) is 12.4. The number of aliphatic hydroxyl groups excluding tert-OH is 1. The van der Waals surface area contributed by atoms with Crippen molar-refractivity contribution in [1.29, 1.82) is 0 Å². The molecule has 0 saturated carbocycles. The average molecular weight is 251 g/mol. The van der Waals surface area contributed by atoms with Gasteiger partial charge in [0.1, 0.15) is 5.75 Å². The second-order valence-corrected chi connectivity index (χ2v) is 4.37. The van der Waals surface area contributed by atoms with Gasteiger partial charge in [0.25, 0.3) is 5.91 Å². The molecule has 0 heterocycles. The van der Waals surface area contributed by atoms with Crippen LogP contribution in [0.4, 0.5) is 0 Å². The van der Waals surface area contributed by atoms with E-state index in [1.807, 2.05) is 26.0 Å². The number of carbonyl (C=O) groups is 1. The zero-order valence-corrected chi connectivity index (χ0v) is 11.4. The van der Waals surface area contributed by atoms with Crippen LogP contribution < -0.4 is 10.1 Å². The van der Waals surface area contributed by atoms with Crippen molar-refractivity contribution >= 4 is 5.91 Å². The van der Waals surface area contributed by atoms with Crippen LogP contribution in [-0.4, -0.2) is 23.7 Å². The van der Waals surface area contributed by atoms with Crippen molar-refractivity contribution in [2.45, 2.75) is 39.9 Å². The first-order valence-electron chi connectivity index (χ1n) is 6.18. The Morgan fingerprint density at radius 2 is 2.11 bits per heavy atom. The summed E-state index contributed by atoms with van der Waals surface area (Å²) in [7, 11) is 0. The van der Waals surface area contributed by atoms with E-state index < -0.39 is 12.2 Å². The molecule has 1 aromatic carbocycles. The van der Waals surface area contributed by atoms with E-state index in [4.69, 9.17) is 4.74 Å². The zero-order valence-electron chi connectivity index (χ0n) is 11.4. The van der Waals surface area contributed by atoms with Gasteiger partial charge in [0.2, 0.25) is 0 Å². The first kappa shape index (κ1) is 14.5. The summed E-state index contributed by atoms with van der Waals surface area (Å²) in [4.78, 5) is 11.6. The number of hydrogen-bond donors (Lipinski definition) is 2. The van der Waals surface area contributed by atoms with Gasteiger partial charge in [-0.1, -0.05) is 11.6 Å². The van der Waals surface area contributed by atoms with Gasteiger partial charge in [0, 0.05) is 12.1 Å². The van der Waals surface area contributed by atoms with E-state index in [9.17, 15) is 9.90 Å². The maximum absolute atomic E-state index is 11.6. The summed E-state index contributed by atoms with van der Waals surface area (Å²) in [6.07, 6.45) is -1.20. The summed E-state index contributed by atoms with van der Waals surface area (Å²) in [6.45, 7) is 7.75. The Kier molecular flexibility index (Phi) is 5.16. The lowest BCUT2D eigenvalue weighted by Gasteiger charge is -2.18. The van der Waals surface area contributed by atoms with Gasteiger partial charge in [-0.25, -0.2) is 0 Å². The van der Waals surface area contributed by atoms with Crippen molar-refractivity contribution in [1.82, 2.24) is 5.32 Å². The minimum absolute atomic E-state index is 0.158. The van der Waals surface area contributed by atoms with Crippen molar-refractivity contribution in [3.8, 4) is 5.75 Å². The van der Waals surface area contributed by atoms with Crippen molar-refractivity contribution in [3.63, 3.8) is 0 Å². The number of amides is 1. The SMILES string of the molecule is CCNC(=O)C(C)Oc1ccc(C)cc1[C@@H](C)O. The monoisotopic (exact) mass is 251 g/mol. The van der Waals surface area contributed by atoms with Crippen LogP contribution in [-0.2, 0) is 4.79 Å². The molecule has 1 amide bonds. The number of likely N-dealkylation sites (N-methyl/N-ethyl adjacent to an activating group) is 1. The van der Waals surface area contributed by atoms with Crippen LogP contribution in [0.5, 0.6) is 5.75 Å². The van der Waals surface area contributed by atoms with E-state index in [0.717, 1.165) is 5.56 Å². The summed E-state index contributed by atoms with van der Waals surface area (Å²) < 4.78 is 5.60. The number of aliphatic hydroxyl groups is 1. The maximum atomic E-state index is 11.6. The highest BCUT2D eigenvalue weighted by molar-refractivity contribution is 5.80. The molecule has 1 aromatic rings. The smallest absolute Gasteiger partial charge is 0.260 e. The fraction of sp³-hybridized carbons (Fsp3) is 0.500. The third-order valence-corrected chi connectivity index (χ3v) is 2.64. The van der Waals surface area contributed by atoms with E-state index in [2.05, 4.69) is 5.32 Å². The van der Waals surface area contributed by atoms with Crippen molar-refractivity contribution < 1.29 is 14.6 Å². The summed E-state index contributed by atoms with van der Waals surface area (Å²) in [5.74, 6) is 0.393. The summed E-state index contributed by atoms with van der Waals surface area (Å²) in [6, 6.07) is 5.54. The predicted octanol–water partition coefficient (Wildman–Crippen LogP) is 1.95. The molecule has 0 aromatic heterocycles. The Bertz CT molecular complexity index is 416. The fourth-order valence-corrected chi connectivity index (χ4v) is 1.66. The number of hydrogen-bond acceptors (Lipinski definition) is 3. The van der Waals surface area contributed by atoms with Crippen LogP contribution in [0, 0.1) is 6.92 Å². The molecule has 0 aliphatic heterocycles. The minimum Gasteiger partial charge on any atom is -0.481 e. The zero-order chi connectivity index (χ0) is 13.7. The Morgan fingerprint density at radius 1 is 1.44 bits per heavy atom. The van der Waals surface area contributed by atoms with Crippen LogP contribution in [0.3, 0.4) is 0 Å². The molecule has 0 aliphatic rings. The van der Waals surface area contributed by atoms with Gasteiger partial charge < -0.3 is 15.2 Å². The molecule has 0 fully saturated rings. The molecular formula is C14H21NO3. The normalized spacial score (nSPS) is 13.8. The lowest BCUT2D eigenvalue weighted by atomic mass is 10.1. The highest BCUT2D eigenvalue weighted by atomic mass is 16.5. The highest BCUT2D eigenvalue weighted by Gasteiger charge is 2.17. The van der Waals surface area contributed by atoms with Crippen LogP contribution in [0.25, 0.3) is 0 Å². The lowest BCUT2D eigenvalue weighted by Crippen LogP contribution is -2.36. The van der Waals surface area contributed by atoms with E-state index in [0.29, 0.717) is 17.9 Å². The number of aryl methyl sites for hydroxylation is 1. The van der Waals surface area contributed by atoms with Gasteiger partial charge >= 0.3 is 0 Å². The second kappa shape index (κ2) is 6.40. The molecule has 2 atom stereocenters. The van der Waals surface area contributed by atoms with Crippen molar-refractivity contribution in [2.75, 3.05) is 6.54 Å². The van der Waals surface area contributed by atoms with E-state index in [-0.39, 0.29) is 5.91 Å². The Labute approximate surface area is 108 Å². The summed E-state index contributed by atoms with van der Waals surface area (Å²) >= 11 is 0. The standard InChI is InChI=1S/C14H21NO3/c1-5-15-14(17)11(4)18-13-7-6-9(2)8-12(13)10(3)16/h6-8,10-11,16H,5H2,1-4H3,(H,15,17)/t10-,11?/m1/s1. The van der Waals surface area contributed by atoms with Gasteiger partial charge in [-0.05, 0) is 39.8 Å². The van der Waals surface area contributed by atoms with Gasteiger partial charge in [-0.15, -0.1) is 0 Å². The van der Waals surface area contributed by atoms with Crippen molar-refractivity contribution in [3.05, 3.63) is 29.3 Å². The first-order chi connectivity index (χ1) is 8.45. The molecule has 2 N–H and O–H groups in total. The highest BCUT2D eigenvalue weighted by Crippen LogP contribution is 2.27. The fourth-order valence-electron chi connectivity index (χ4n) is 1.66. The first-order valence-corrected chi connectivity index (χ1v) is 6.18. The number of carbonyl (C=O) groups excluding carboxylic acids is 1. The van der Waals surface area contributed by atoms with Crippen LogP contribution in [0.1, 0.15) is 38.0 Å². The molecule has 0 saturated heterocycles. The molecule has 4 heteroatoms. The minimum atomic E-state index is -0.624. The van der Waals surface area contributed by atoms with Gasteiger partial charge in [0.15, 0.2) is 6.10 Å². The third-order valence-electron chi connectivity index (χ3n) is 2.64. The van der Waals surface area contributed by atoms with E-state index in [1.54, 1.807) is 19.9 Å². The molecule has 18 heavy (non-hydrogen) atoms. The molecule has 1 rings (SSSR count). The third kappa shape index (κ3) is 3.74. The van der Waals surface area contributed by atoms with Gasteiger partial charge in [-0.3, -0.25) is 4.79 Å². The molecule has 0 radical (unpaired) electrons. The van der Waals surface area contributed by atoms with Crippen molar-refractivity contribution in [2.24, 2.45) is 0 Å². The largest absolute Gasteiger partial charge is 0.481 e. The second-order valence-electron chi connectivity index (χ2n) is 4.37. The molecule has 0 bridgehead atoms.